The summed E-state index contributed by atoms with van der Waals surface area (Å²) in [4.78, 5) is 13.1. The van der Waals surface area contributed by atoms with Gasteiger partial charge in [-0.2, -0.15) is 0 Å². The minimum Gasteiger partial charge on any atom is -0.392 e. The molecule has 9 nitrogen and oxygen atoms in total. The van der Waals surface area contributed by atoms with Crippen LogP contribution < -0.4 is 10.6 Å². The van der Waals surface area contributed by atoms with E-state index in [1.54, 1.807) is 12.2 Å². The van der Waals surface area contributed by atoms with E-state index < -0.39 is 59.7 Å². The number of amides is 2. The molecule has 9 heteroatoms. The van der Waals surface area contributed by atoms with E-state index in [1.807, 2.05) is 27.7 Å². The molecule has 0 aliphatic heterocycles. The van der Waals surface area contributed by atoms with Crippen LogP contribution in [-0.2, 0) is 4.74 Å². The number of ether oxygens (including phenoxy) is 1. The summed E-state index contributed by atoms with van der Waals surface area (Å²) in [5.74, 6) is 0. The lowest BCUT2D eigenvalue weighted by atomic mass is 9.71. The third kappa shape index (κ3) is 13.3. The highest BCUT2D eigenvalue weighted by atomic mass is 16.5. The van der Waals surface area contributed by atoms with E-state index in [1.165, 1.54) is 0 Å². The van der Waals surface area contributed by atoms with Crippen LogP contribution >= 0.6 is 0 Å². The zero-order valence-electron chi connectivity index (χ0n) is 26.0. The summed E-state index contributed by atoms with van der Waals surface area (Å²) in [6.45, 7) is 20.2. The average Bonchev–Trinajstić information content (AvgIpc) is 2.71. The van der Waals surface area contributed by atoms with E-state index in [4.69, 9.17) is 4.74 Å². The van der Waals surface area contributed by atoms with Crippen LogP contribution in [0, 0.1) is 16.2 Å². The molecule has 0 aromatic carbocycles. The van der Waals surface area contributed by atoms with Crippen molar-refractivity contribution < 1.29 is 35.1 Å². The summed E-state index contributed by atoms with van der Waals surface area (Å²) in [6, 6.07) is -1.38. The lowest BCUT2D eigenvalue weighted by Gasteiger charge is -2.39. The Labute approximate surface area is 236 Å². The molecular weight excluding hydrogens is 500 g/mol. The highest BCUT2D eigenvalue weighted by Gasteiger charge is 2.37. The molecule has 0 saturated carbocycles. The lowest BCUT2D eigenvalue weighted by Crippen LogP contribution is -2.57. The van der Waals surface area contributed by atoms with Gasteiger partial charge in [0.2, 0.25) is 0 Å². The van der Waals surface area contributed by atoms with Crippen LogP contribution in [0.4, 0.5) is 4.79 Å². The molecule has 1 aliphatic carbocycles. The molecule has 7 N–H and O–H groups in total. The zero-order valence-corrected chi connectivity index (χ0v) is 26.0. The van der Waals surface area contributed by atoms with Gasteiger partial charge in [-0.3, -0.25) is 0 Å². The Morgan fingerprint density at radius 2 is 1.41 bits per heavy atom. The van der Waals surface area contributed by atoms with Gasteiger partial charge in [-0.1, -0.05) is 67.5 Å². The van der Waals surface area contributed by atoms with E-state index in [0.29, 0.717) is 6.42 Å². The fraction of sp³-hybridized carbons (Fsp3) is 0.900. The standard InChI is InChI=1S/C30H58N2O7/c1-27(2,3)17-29(7,8)23(35)15-21(34)19(31-26(38)32-30(9,10)18-28(4,5)6)16-39-22-14-12-11-13-20(33)24(36)25(22)37/h11-12,19-25,33-37H,13-18H2,1-10H3,(H2,31,32,38). The molecule has 39 heavy (non-hydrogen) atoms. The molecule has 0 heterocycles. The van der Waals surface area contributed by atoms with E-state index in [9.17, 15) is 30.3 Å². The molecular formula is C30H58N2O7. The Balaban J connectivity index is 3.07. The van der Waals surface area contributed by atoms with Crippen molar-refractivity contribution in [2.24, 2.45) is 16.2 Å². The summed E-state index contributed by atoms with van der Waals surface area (Å²) in [5.41, 5.74) is -1.05. The molecule has 0 bridgehead atoms. The maximum atomic E-state index is 13.1. The number of nitrogens with one attached hydrogen (secondary N) is 2. The van der Waals surface area contributed by atoms with Crippen molar-refractivity contribution in [1.82, 2.24) is 10.6 Å². The second kappa shape index (κ2) is 14.1. The first-order valence-electron chi connectivity index (χ1n) is 14.3. The van der Waals surface area contributed by atoms with Crippen molar-refractivity contribution >= 4 is 6.03 Å². The molecule has 230 valence electrons. The molecule has 0 aromatic rings. The smallest absolute Gasteiger partial charge is 0.315 e. The first-order valence-corrected chi connectivity index (χ1v) is 14.3. The monoisotopic (exact) mass is 558 g/mol. The quantitative estimate of drug-likeness (QED) is 0.192. The van der Waals surface area contributed by atoms with Crippen LogP contribution in [-0.4, -0.2) is 86.4 Å². The van der Waals surface area contributed by atoms with Crippen LogP contribution in [0.15, 0.2) is 12.2 Å². The van der Waals surface area contributed by atoms with Gasteiger partial charge in [0.1, 0.15) is 12.2 Å². The highest BCUT2D eigenvalue weighted by Crippen LogP contribution is 2.37. The zero-order chi connectivity index (χ0) is 30.4. The van der Waals surface area contributed by atoms with Crippen molar-refractivity contribution in [3.05, 3.63) is 12.2 Å². The van der Waals surface area contributed by atoms with Gasteiger partial charge in [-0.15, -0.1) is 0 Å². The maximum Gasteiger partial charge on any atom is 0.315 e. The summed E-state index contributed by atoms with van der Waals surface area (Å²) in [6.07, 6.45) is -1.25. The number of hydrogen-bond donors (Lipinski definition) is 7. The van der Waals surface area contributed by atoms with Crippen LogP contribution in [0.1, 0.15) is 101 Å². The van der Waals surface area contributed by atoms with Gasteiger partial charge >= 0.3 is 6.03 Å². The Hall–Kier alpha value is -1.23. The number of hydrogen-bond acceptors (Lipinski definition) is 7. The summed E-state index contributed by atoms with van der Waals surface area (Å²) in [5, 5.41) is 59.0. The summed E-state index contributed by atoms with van der Waals surface area (Å²) < 4.78 is 5.94. The molecule has 0 fully saturated rings. The normalized spacial score (nSPS) is 25.8. The summed E-state index contributed by atoms with van der Waals surface area (Å²) >= 11 is 0. The van der Waals surface area contributed by atoms with Gasteiger partial charge in [0, 0.05) is 12.0 Å². The van der Waals surface area contributed by atoms with Crippen molar-refractivity contribution in [2.75, 3.05) is 6.61 Å². The number of rotatable bonds is 11. The molecule has 0 saturated heterocycles. The summed E-state index contributed by atoms with van der Waals surface area (Å²) in [7, 11) is 0. The molecule has 0 spiro atoms. The second-order valence-electron chi connectivity index (χ2n) is 15.2. The van der Waals surface area contributed by atoms with Crippen molar-refractivity contribution in [3.8, 4) is 0 Å². The Bertz CT molecular complexity index is 785. The van der Waals surface area contributed by atoms with Crippen molar-refractivity contribution in [2.45, 2.75) is 150 Å². The minimum atomic E-state index is -1.39. The lowest BCUT2D eigenvalue weighted by molar-refractivity contribution is -0.129. The van der Waals surface area contributed by atoms with Gasteiger partial charge in [0.25, 0.3) is 0 Å². The topological polar surface area (TPSA) is 152 Å². The number of carbonyl (C=O) groups excluding carboxylic acids is 1. The highest BCUT2D eigenvalue weighted by molar-refractivity contribution is 5.75. The predicted molar refractivity (Wildman–Crippen MR) is 154 cm³/mol. The van der Waals surface area contributed by atoms with Crippen LogP contribution in [0.5, 0.6) is 0 Å². The molecule has 0 aromatic heterocycles. The number of carbonyl (C=O) groups is 1. The van der Waals surface area contributed by atoms with Gasteiger partial charge in [-0.05, 0) is 55.8 Å². The second-order valence-corrected chi connectivity index (χ2v) is 15.2. The third-order valence-electron chi connectivity index (χ3n) is 7.09. The van der Waals surface area contributed by atoms with E-state index in [0.717, 1.165) is 12.8 Å². The average molecular weight is 559 g/mol. The fourth-order valence-electron chi connectivity index (χ4n) is 5.91. The molecule has 7 atom stereocenters. The van der Waals surface area contributed by atoms with E-state index in [-0.39, 0.29) is 30.3 Å². The van der Waals surface area contributed by atoms with Crippen LogP contribution in [0.2, 0.25) is 0 Å². The van der Waals surface area contributed by atoms with E-state index in [2.05, 4.69) is 52.2 Å². The van der Waals surface area contributed by atoms with Crippen molar-refractivity contribution in [3.63, 3.8) is 0 Å². The molecule has 7 unspecified atom stereocenters. The van der Waals surface area contributed by atoms with E-state index >= 15 is 0 Å². The minimum absolute atomic E-state index is 0.0111. The molecule has 1 rings (SSSR count). The fourth-order valence-corrected chi connectivity index (χ4v) is 5.91. The number of aliphatic hydroxyl groups is 5. The van der Waals surface area contributed by atoms with Gasteiger partial charge < -0.3 is 40.9 Å². The van der Waals surface area contributed by atoms with Gasteiger partial charge in [0.15, 0.2) is 0 Å². The Morgan fingerprint density at radius 1 is 0.872 bits per heavy atom. The first kappa shape index (κ1) is 35.8. The SMILES string of the molecule is CC(C)(C)CC(C)(C)NC(=O)NC(COC1CC=CCC(O)C(O)C1O)C(O)CC(O)C(C)(C)CC(C)(C)C. The Kier molecular flexibility index (Phi) is 12.9. The largest absolute Gasteiger partial charge is 0.392 e. The van der Waals surface area contributed by atoms with Crippen LogP contribution in [0.3, 0.4) is 0 Å². The van der Waals surface area contributed by atoms with Gasteiger partial charge in [-0.25, -0.2) is 4.79 Å². The molecule has 2 amide bonds. The maximum absolute atomic E-state index is 13.1. The van der Waals surface area contributed by atoms with Crippen molar-refractivity contribution in [1.29, 1.82) is 0 Å². The third-order valence-corrected chi connectivity index (χ3v) is 7.09. The first-order chi connectivity index (χ1) is 17.5. The molecule has 0 radical (unpaired) electrons. The number of aliphatic hydroxyl groups excluding tert-OH is 5. The molecule has 1 aliphatic rings. The Morgan fingerprint density at radius 3 is 1.95 bits per heavy atom. The van der Waals surface area contributed by atoms with Gasteiger partial charge in [0.05, 0.1) is 37.1 Å². The number of urea groups is 1. The predicted octanol–water partition coefficient (Wildman–Crippen LogP) is 3.26. The van der Waals surface area contributed by atoms with Crippen LogP contribution in [0.25, 0.3) is 0 Å².